The van der Waals surface area contributed by atoms with Crippen molar-refractivity contribution in [3.63, 3.8) is 0 Å². The van der Waals surface area contributed by atoms with Crippen molar-refractivity contribution in [3.8, 4) is 17.4 Å². The average molecular weight is 455 g/mol. The number of piperidine rings is 1. The lowest BCUT2D eigenvalue weighted by molar-refractivity contribution is -0.137. The Morgan fingerprint density at radius 3 is 2.55 bits per heavy atom. The molecule has 1 aliphatic heterocycles. The average Bonchev–Trinajstić information content (AvgIpc) is 3.40. The van der Waals surface area contributed by atoms with Crippen LogP contribution in [0.2, 0.25) is 0 Å². The molecule has 2 aliphatic rings. The zero-order valence-corrected chi connectivity index (χ0v) is 17.7. The lowest BCUT2D eigenvalue weighted by atomic mass is 10.0. The fourth-order valence-corrected chi connectivity index (χ4v) is 4.57. The van der Waals surface area contributed by atoms with Crippen LogP contribution in [0.4, 0.5) is 13.2 Å². The van der Waals surface area contributed by atoms with Crippen LogP contribution in [-0.2, 0) is 6.18 Å². The van der Waals surface area contributed by atoms with Gasteiger partial charge in [-0.2, -0.15) is 13.2 Å². The fraction of sp³-hybridized carbons (Fsp3) is 0.348. The van der Waals surface area contributed by atoms with Crippen molar-refractivity contribution in [3.05, 3.63) is 65.7 Å². The second-order valence-electron chi connectivity index (χ2n) is 8.32. The van der Waals surface area contributed by atoms with Crippen LogP contribution in [0.3, 0.4) is 0 Å². The Kier molecular flexibility index (Phi) is 5.22. The number of alkyl halides is 3. The van der Waals surface area contributed by atoms with Gasteiger partial charge in [0.25, 0.3) is 5.91 Å². The fourth-order valence-electron chi connectivity index (χ4n) is 4.57. The molecule has 5 rings (SSSR count). The highest BCUT2D eigenvalue weighted by Gasteiger charge is 2.49. The Labute approximate surface area is 187 Å². The van der Waals surface area contributed by atoms with Gasteiger partial charge >= 0.3 is 6.18 Å². The molecule has 0 N–H and O–H groups in total. The van der Waals surface area contributed by atoms with Crippen LogP contribution in [0.1, 0.15) is 34.5 Å². The Bertz CT molecular complexity index is 1170. The standard InChI is InChI=1S/C23H20F3N5O2/c1-13-3-5-16(20(30-13)21-27-7-2-8-28-21)22(32)31-12-14-9-17(31)18(10-14)33-19-6-4-15(11-29-19)23(24,25)26/h2-8,11,14,17-18H,9-10,12H2,1H3. The number of aromatic nitrogens is 4. The second kappa shape index (κ2) is 8.09. The van der Waals surface area contributed by atoms with Gasteiger partial charge in [0.15, 0.2) is 5.82 Å². The first-order chi connectivity index (χ1) is 15.8. The Morgan fingerprint density at radius 2 is 1.88 bits per heavy atom. The Balaban J connectivity index is 1.37. The normalized spacial score (nSPS) is 21.9. The van der Waals surface area contributed by atoms with Crippen LogP contribution in [0.25, 0.3) is 11.5 Å². The first-order valence-electron chi connectivity index (χ1n) is 10.6. The van der Waals surface area contributed by atoms with E-state index in [2.05, 4.69) is 19.9 Å². The SMILES string of the molecule is Cc1ccc(C(=O)N2CC3CC(Oc4ccc(C(F)(F)F)cn4)C2C3)c(-c2ncccn2)n1. The summed E-state index contributed by atoms with van der Waals surface area (Å²) in [6.07, 6.45) is 0.648. The topological polar surface area (TPSA) is 81.1 Å². The Morgan fingerprint density at radius 1 is 1.09 bits per heavy atom. The van der Waals surface area contributed by atoms with Crippen LogP contribution in [0.5, 0.6) is 5.88 Å². The van der Waals surface area contributed by atoms with Gasteiger partial charge in [-0.1, -0.05) is 0 Å². The molecule has 3 unspecified atom stereocenters. The van der Waals surface area contributed by atoms with Crippen LogP contribution in [0.15, 0.2) is 48.9 Å². The number of likely N-dealkylation sites (tertiary alicyclic amines) is 1. The molecule has 4 heterocycles. The molecule has 1 saturated carbocycles. The molecule has 0 radical (unpaired) electrons. The monoisotopic (exact) mass is 455 g/mol. The summed E-state index contributed by atoms with van der Waals surface area (Å²) in [5.41, 5.74) is 0.740. The van der Waals surface area contributed by atoms with Crippen molar-refractivity contribution in [1.82, 2.24) is 24.8 Å². The molecular formula is C23H20F3N5O2. The van der Waals surface area contributed by atoms with E-state index >= 15 is 0 Å². The molecule has 1 aliphatic carbocycles. The number of amides is 1. The van der Waals surface area contributed by atoms with Crippen molar-refractivity contribution >= 4 is 5.91 Å². The number of nitrogens with zero attached hydrogens (tertiary/aromatic N) is 5. The number of rotatable bonds is 4. The number of carbonyl (C=O) groups excluding carboxylic acids is 1. The highest BCUT2D eigenvalue weighted by Crippen LogP contribution is 2.41. The van der Waals surface area contributed by atoms with Gasteiger partial charge in [-0.05, 0) is 49.9 Å². The molecule has 0 aromatic carbocycles. The minimum Gasteiger partial charge on any atom is -0.472 e. The zero-order chi connectivity index (χ0) is 23.2. The molecule has 7 nitrogen and oxygen atoms in total. The molecule has 33 heavy (non-hydrogen) atoms. The van der Waals surface area contributed by atoms with E-state index < -0.39 is 11.7 Å². The molecule has 3 aromatic rings. The summed E-state index contributed by atoms with van der Waals surface area (Å²) in [6, 6.07) is 7.16. The summed E-state index contributed by atoms with van der Waals surface area (Å²) in [4.78, 5) is 32.1. The van der Waals surface area contributed by atoms with Crippen LogP contribution >= 0.6 is 0 Å². The Hall–Kier alpha value is -3.56. The third-order valence-electron chi connectivity index (χ3n) is 6.06. The largest absolute Gasteiger partial charge is 0.472 e. The van der Waals surface area contributed by atoms with Crippen molar-refractivity contribution in [2.45, 2.75) is 38.1 Å². The van der Waals surface area contributed by atoms with Crippen molar-refractivity contribution < 1.29 is 22.7 Å². The third-order valence-corrected chi connectivity index (χ3v) is 6.06. The molecule has 1 saturated heterocycles. The summed E-state index contributed by atoms with van der Waals surface area (Å²) < 4.78 is 44.3. The second-order valence-corrected chi connectivity index (χ2v) is 8.32. The molecule has 3 aromatic heterocycles. The molecule has 3 atom stereocenters. The number of aryl methyl sites for hydroxylation is 1. The summed E-state index contributed by atoms with van der Waals surface area (Å²) in [5, 5.41) is 0. The van der Waals surface area contributed by atoms with E-state index in [0.717, 1.165) is 30.8 Å². The smallest absolute Gasteiger partial charge is 0.417 e. The molecule has 170 valence electrons. The molecule has 1 amide bonds. The maximum atomic E-state index is 13.5. The molecular weight excluding hydrogens is 435 g/mol. The number of fused-ring (bicyclic) bond motifs is 2. The van der Waals surface area contributed by atoms with Crippen LogP contribution < -0.4 is 4.74 Å². The quantitative estimate of drug-likeness (QED) is 0.593. The maximum Gasteiger partial charge on any atom is 0.417 e. The van der Waals surface area contributed by atoms with E-state index in [4.69, 9.17) is 4.74 Å². The highest BCUT2D eigenvalue weighted by molar-refractivity contribution is 5.99. The van der Waals surface area contributed by atoms with Gasteiger partial charge in [0.2, 0.25) is 5.88 Å². The van der Waals surface area contributed by atoms with Gasteiger partial charge in [-0.15, -0.1) is 0 Å². The molecule has 10 heteroatoms. The van der Waals surface area contributed by atoms with Gasteiger partial charge in [-0.25, -0.2) is 19.9 Å². The van der Waals surface area contributed by atoms with Gasteiger partial charge in [0.05, 0.1) is 17.2 Å². The third kappa shape index (κ3) is 4.12. The molecule has 0 spiro atoms. The van der Waals surface area contributed by atoms with Gasteiger partial charge in [0.1, 0.15) is 11.8 Å². The summed E-state index contributed by atoms with van der Waals surface area (Å²) in [7, 11) is 0. The first-order valence-corrected chi connectivity index (χ1v) is 10.6. The van der Waals surface area contributed by atoms with Crippen molar-refractivity contribution in [2.24, 2.45) is 5.92 Å². The number of ether oxygens (including phenoxy) is 1. The van der Waals surface area contributed by atoms with E-state index in [1.54, 1.807) is 35.5 Å². The highest BCUT2D eigenvalue weighted by atomic mass is 19.4. The summed E-state index contributed by atoms with van der Waals surface area (Å²) >= 11 is 0. The molecule has 2 bridgehead atoms. The minimum absolute atomic E-state index is 0.114. The van der Waals surface area contributed by atoms with E-state index in [1.165, 1.54) is 6.07 Å². The predicted molar refractivity (Wildman–Crippen MR) is 111 cm³/mol. The van der Waals surface area contributed by atoms with Crippen LogP contribution in [0, 0.1) is 12.8 Å². The number of hydrogen-bond donors (Lipinski definition) is 0. The van der Waals surface area contributed by atoms with E-state index in [1.807, 2.05) is 6.92 Å². The number of carbonyl (C=O) groups is 1. The maximum absolute atomic E-state index is 13.5. The lowest BCUT2D eigenvalue weighted by Crippen LogP contribution is -2.47. The number of hydrogen-bond acceptors (Lipinski definition) is 6. The number of pyridine rings is 2. The molecule has 2 fully saturated rings. The first kappa shape index (κ1) is 21.3. The van der Waals surface area contributed by atoms with Gasteiger partial charge < -0.3 is 9.64 Å². The minimum atomic E-state index is -4.45. The summed E-state index contributed by atoms with van der Waals surface area (Å²) in [6.45, 7) is 2.42. The van der Waals surface area contributed by atoms with Crippen molar-refractivity contribution in [2.75, 3.05) is 6.54 Å². The van der Waals surface area contributed by atoms with Gasteiger partial charge in [0, 0.05) is 36.9 Å². The number of halogens is 3. The lowest BCUT2D eigenvalue weighted by Gasteiger charge is -2.33. The van der Waals surface area contributed by atoms with E-state index in [9.17, 15) is 18.0 Å². The van der Waals surface area contributed by atoms with Crippen molar-refractivity contribution in [1.29, 1.82) is 0 Å². The van der Waals surface area contributed by atoms with Crippen LogP contribution in [-0.4, -0.2) is 49.4 Å². The van der Waals surface area contributed by atoms with Gasteiger partial charge in [-0.3, -0.25) is 4.79 Å². The van der Waals surface area contributed by atoms with E-state index in [0.29, 0.717) is 23.6 Å². The zero-order valence-electron chi connectivity index (χ0n) is 17.7. The summed E-state index contributed by atoms with van der Waals surface area (Å²) in [5.74, 6) is 0.554. The van der Waals surface area contributed by atoms with E-state index in [-0.39, 0.29) is 29.9 Å². The predicted octanol–water partition coefficient (Wildman–Crippen LogP) is 3.94.